The van der Waals surface area contributed by atoms with Crippen molar-refractivity contribution in [3.05, 3.63) is 39.9 Å². The van der Waals surface area contributed by atoms with Gasteiger partial charge in [0.25, 0.3) is 11.5 Å². The van der Waals surface area contributed by atoms with Crippen LogP contribution in [0.4, 0.5) is 0 Å². The normalized spacial score (nSPS) is 20.1. The predicted octanol–water partition coefficient (Wildman–Crippen LogP) is -0.197. The first-order valence-electron chi connectivity index (χ1n) is 9.03. The van der Waals surface area contributed by atoms with Gasteiger partial charge in [-0.15, -0.1) is 0 Å². The minimum Gasteiger partial charge on any atom is -0.452 e. The van der Waals surface area contributed by atoms with Crippen molar-refractivity contribution in [2.75, 3.05) is 18.1 Å². The fraction of sp³-hybridized carbons (Fsp3) is 0.444. The molecule has 4 rings (SSSR count). The molecule has 3 heterocycles. The number of hydrogen-bond donors (Lipinski definition) is 1. The van der Waals surface area contributed by atoms with Crippen LogP contribution in [0.5, 0.6) is 0 Å². The minimum absolute atomic E-state index is 0.0471. The lowest BCUT2D eigenvalue weighted by atomic mass is 10.1. The summed E-state index contributed by atoms with van der Waals surface area (Å²) < 4.78 is 29.5. The number of carbonyl (C=O) groups is 2. The summed E-state index contributed by atoms with van der Waals surface area (Å²) >= 11 is 0. The standard InChI is InChI=1S/C18H19N3O6S/c22-16(19-12-5-7-28(25,26)10-12)9-27-18(24)11-3-4-13-14(8-11)20-15-2-1-6-21(15)17(13)23/h3-4,8,12H,1-2,5-7,9-10H2,(H,19,22)/t12-/m1/s1. The third-order valence-corrected chi connectivity index (χ3v) is 6.75. The number of nitrogens with zero attached hydrogens (tertiary/aromatic N) is 2. The second-order valence-corrected chi connectivity index (χ2v) is 9.29. The van der Waals surface area contributed by atoms with Crippen molar-refractivity contribution in [1.82, 2.24) is 14.9 Å². The molecule has 0 saturated carbocycles. The number of nitrogens with one attached hydrogen (secondary N) is 1. The lowest BCUT2D eigenvalue weighted by Crippen LogP contribution is -2.38. The molecule has 148 valence electrons. The highest BCUT2D eigenvalue weighted by Gasteiger charge is 2.29. The SMILES string of the molecule is O=C(COC(=O)c1ccc2c(=O)n3c(nc2c1)CCC3)N[C@@H]1CCS(=O)(=O)C1. The lowest BCUT2D eigenvalue weighted by Gasteiger charge is -2.11. The molecule has 2 aliphatic heterocycles. The Morgan fingerprint density at radius 1 is 1.32 bits per heavy atom. The molecular formula is C18H19N3O6S. The molecule has 1 amide bonds. The summed E-state index contributed by atoms with van der Waals surface area (Å²) in [5.41, 5.74) is 0.495. The number of amides is 1. The number of ether oxygens (including phenoxy) is 1. The first-order chi connectivity index (χ1) is 13.3. The molecule has 0 spiro atoms. The summed E-state index contributed by atoms with van der Waals surface area (Å²) in [6, 6.07) is 4.05. The highest BCUT2D eigenvalue weighted by atomic mass is 32.2. The summed E-state index contributed by atoms with van der Waals surface area (Å²) in [6.07, 6.45) is 1.94. The highest BCUT2D eigenvalue weighted by molar-refractivity contribution is 7.91. The van der Waals surface area contributed by atoms with Crippen molar-refractivity contribution in [3.63, 3.8) is 0 Å². The van der Waals surface area contributed by atoms with E-state index < -0.39 is 34.4 Å². The van der Waals surface area contributed by atoms with Crippen LogP contribution in [-0.4, -0.2) is 54.0 Å². The van der Waals surface area contributed by atoms with Crippen LogP contribution in [0.2, 0.25) is 0 Å². The molecule has 0 radical (unpaired) electrons. The molecule has 2 aromatic rings. The molecule has 9 nitrogen and oxygen atoms in total. The van der Waals surface area contributed by atoms with Crippen molar-refractivity contribution in [3.8, 4) is 0 Å². The van der Waals surface area contributed by atoms with Gasteiger partial charge in [-0.25, -0.2) is 18.2 Å². The molecule has 1 aromatic carbocycles. The maximum atomic E-state index is 12.4. The van der Waals surface area contributed by atoms with Crippen LogP contribution in [0.1, 0.15) is 29.0 Å². The van der Waals surface area contributed by atoms with Crippen LogP contribution in [0, 0.1) is 0 Å². The summed E-state index contributed by atoms with van der Waals surface area (Å²) in [4.78, 5) is 41.0. The van der Waals surface area contributed by atoms with E-state index in [9.17, 15) is 22.8 Å². The second-order valence-electron chi connectivity index (χ2n) is 7.06. The molecule has 10 heteroatoms. The van der Waals surface area contributed by atoms with Gasteiger partial charge < -0.3 is 10.1 Å². The van der Waals surface area contributed by atoms with Gasteiger partial charge in [0.05, 0.1) is 28.0 Å². The third kappa shape index (κ3) is 3.64. The van der Waals surface area contributed by atoms with Crippen molar-refractivity contribution in [1.29, 1.82) is 0 Å². The maximum absolute atomic E-state index is 12.4. The van der Waals surface area contributed by atoms with Gasteiger partial charge in [0, 0.05) is 19.0 Å². The van der Waals surface area contributed by atoms with Crippen molar-refractivity contribution in [2.45, 2.75) is 31.8 Å². The minimum atomic E-state index is -3.10. The zero-order valence-electron chi connectivity index (χ0n) is 15.0. The van der Waals surface area contributed by atoms with Gasteiger partial charge in [0.2, 0.25) is 0 Å². The van der Waals surface area contributed by atoms with Gasteiger partial charge in [-0.05, 0) is 31.0 Å². The molecular weight excluding hydrogens is 386 g/mol. The van der Waals surface area contributed by atoms with Crippen LogP contribution in [0.3, 0.4) is 0 Å². The molecule has 28 heavy (non-hydrogen) atoms. The largest absolute Gasteiger partial charge is 0.452 e. The number of esters is 1. The smallest absolute Gasteiger partial charge is 0.338 e. The first-order valence-corrected chi connectivity index (χ1v) is 10.8. The van der Waals surface area contributed by atoms with E-state index in [1.807, 2.05) is 0 Å². The van der Waals surface area contributed by atoms with Crippen LogP contribution in [0.25, 0.3) is 10.9 Å². The predicted molar refractivity (Wildman–Crippen MR) is 99.8 cm³/mol. The Kier molecular flexibility index (Phi) is 4.66. The van der Waals surface area contributed by atoms with Gasteiger partial charge in [-0.1, -0.05) is 0 Å². The number of benzene rings is 1. The van der Waals surface area contributed by atoms with Gasteiger partial charge >= 0.3 is 5.97 Å². The maximum Gasteiger partial charge on any atom is 0.338 e. The average molecular weight is 405 g/mol. The van der Waals surface area contributed by atoms with Gasteiger partial charge in [-0.3, -0.25) is 14.2 Å². The van der Waals surface area contributed by atoms with E-state index in [2.05, 4.69) is 10.3 Å². The van der Waals surface area contributed by atoms with Crippen molar-refractivity contribution >= 4 is 32.6 Å². The molecule has 1 fully saturated rings. The van der Waals surface area contributed by atoms with E-state index in [1.54, 1.807) is 4.57 Å². The number of carbonyl (C=O) groups excluding carboxylic acids is 2. The molecule has 1 aromatic heterocycles. The Morgan fingerprint density at radius 2 is 2.14 bits per heavy atom. The fourth-order valence-corrected chi connectivity index (χ4v) is 5.28. The number of aryl methyl sites for hydroxylation is 1. The van der Waals surface area contributed by atoms with Gasteiger partial charge in [-0.2, -0.15) is 0 Å². The molecule has 0 bridgehead atoms. The number of rotatable bonds is 4. The summed E-state index contributed by atoms with van der Waals surface area (Å²) in [5, 5.41) is 2.99. The van der Waals surface area contributed by atoms with Crippen molar-refractivity contribution < 1.29 is 22.7 Å². The van der Waals surface area contributed by atoms with E-state index in [4.69, 9.17) is 4.74 Å². The molecule has 0 unspecified atom stereocenters. The van der Waals surface area contributed by atoms with E-state index >= 15 is 0 Å². The molecule has 1 saturated heterocycles. The quantitative estimate of drug-likeness (QED) is 0.699. The zero-order valence-corrected chi connectivity index (χ0v) is 15.8. The third-order valence-electron chi connectivity index (χ3n) is 4.98. The molecule has 0 aliphatic carbocycles. The summed E-state index contributed by atoms with van der Waals surface area (Å²) in [7, 11) is -3.10. The summed E-state index contributed by atoms with van der Waals surface area (Å²) in [6.45, 7) is 0.145. The zero-order chi connectivity index (χ0) is 19.9. The number of hydrogen-bond acceptors (Lipinski definition) is 7. The van der Waals surface area contributed by atoms with E-state index in [-0.39, 0.29) is 22.6 Å². The number of aromatic nitrogens is 2. The fourth-order valence-electron chi connectivity index (χ4n) is 3.60. The Hall–Kier alpha value is -2.75. The van der Waals surface area contributed by atoms with Gasteiger partial charge in [0.15, 0.2) is 16.4 Å². The van der Waals surface area contributed by atoms with E-state index in [0.29, 0.717) is 29.7 Å². The van der Waals surface area contributed by atoms with Crippen molar-refractivity contribution in [2.24, 2.45) is 0 Å². The van der Waals surface area contributed by atoms with E-state index in [0.717, 1.165) is 12.8 Å². The Balaban J connectivity index is 1.42. The first kappa shape index (κ1) is 18.6. The highest BCUT2D eigenvalue weighted by Crippen LogP contribution is 2.17. The Labute approximate surface area is 160 Å². The Bertz CT molecular complexity index is 1140. The average Bonchev–Trinajstić information content (AvgIpc) is 3.25. The summed E-state index contributed by atoms with van der Waals surface area (Å²) in [5.74, 6) is -0.605. The lowest BCUT2D eigenvalue weighted by molar-refractivity contribution is -0.124. The van der Waals surface area contributed by atoms with Gasteiger partial charge in [0.1, 0.15) is 5.82 Å². The van der Waals surface area contributed by atoms with E-state index in [1.165, 1.54) is 18.2 Å². The second kappa shape index (κ2) is 7.01. The van der Waals surface area contributed by atoms with Crippen LogP contribution >= 0.6 is 0 Å². The number of fused-ring (bicyclic) bond motifs is 2. The molecule has 1 atom stereocenters. The molecule has 1 N–H and O–H groups in total. The number of sulfone groups is 1. The van der Waals surface area contributed by atoms with Crippen LogP contribution < -0.4 is 10.9 Å². The van der Waals surface area contributed by atoms with Crippen LogP contribution in [0.15, 0.2) is 23.0 Å². The monoisotopic (exact) mass is 405 g/mol. The Morgan fingerprint density at radius 3 is 2.89 bits per heavy atom. The topological polar surface area (TPSA) is 124 Å². The molecule has 2 aliphatic rings. The van der Waals surface area contributed by atoms with Crippen LogP contribution in [-0.2, 0) is 32.3 Å².